The van der Waals surface area contributed by atoms with E-state index in [0.717, 1.165) is 17.5 Å². The first-order valence-electron chi connectivity index (χ1n) is 9.17. The molecule has 0 radical (unpaired) electrons. The molecule has 2 heterocycles. The van der Waals surface area contributed by atoms with E-state index in [1.165, 1.54) is 10.6 Å². The molecule has 0 fully saturated rings. The van der Waals surface area contributed by atoms with Gasteiger partial charge in [0.2, 0.25) is 5.91 Å². The highest BCUT2D eigenvalue weighted by molar-refractivity contribution is 6.39. The smallest absolute Gasteiger partial charge is 0.270 e. The number of aromatic nitrogens is 1. The number of nitrogens with zero attached hydrogens (tertiary/aromatic N) is 4. The minimum Gasteiger partial charge on any atom is -0.329 e. The minimum atomic E-state index is -0.141. The topological polar surface area (TPSA) is 65.9 Å². The van der Waals surface area contributed by atoms with Crippen molar-refractivity contribution in [2.45, 2.75) is 39.3 Å². The van der Waals surface area contributed by atoms with E-state index in [4.69, 9.17) is 0 Å². The summed E-state index contributed by atoms with van der Waals surface area (Å²) in [5.74, 6) is -0.210. The molecular formula is C21H24N4O2. The fraction of sp³-hybridized carbons (Fsp3) is 0.333. The molecule has 0 atom stereocenters. The van der Waals surface area contributed by atoms with Crippen LogP contribution in [0, 0.1) is 0 Å². The predicted molar refractivity (Wildman–Crippen MR) is 104 cm³/mol. The van der Waals surface area contributed by atoms with E-state index < -0.39 is 0 Å². The number of aryl methyl sites for hydroxylation is 1. The van der Waals surface area contributed by atoms with E-state index >= 15 is 0 Å². The Bertz CT molecular complexity index is 831. The van der Waals surface area contributed by atoms with Crippen molar-refractivity contribution in [2.75, 3.05) is 7.05 Å². The third-order valence-corrected chi connectivity index (χ3v) is 4.64. The van der Waals surface area contributed by atoms with Crippen molar-refractivity contribution in [3.05, 3.63) is 65.5 Å². The molecule has 27 heavy (non-hydrogen) atoms. The quantitative estimate of drug-likeness (QED) is 0.792. The van der Waals surface area contributed by atoms with Gasteiger partial charge in [-0.2, -0.15) is 5.10 Å². The molecule has 0 saturated heterocycles. The second-order valence-electron chi connectivity index (χ2n) is 6.66. The van der Waals surface area contributed by atoms with Crippen LogP contribution in [0.4, 0.5) is 0 Å². The SMILES string of the molecule is CCc1ccc(CN(Cc2cccnc2)C(=O)C2=NN(C)C(=O)CC2)cc1. The summed E-state index contributed by atoms with van der Waals surface area (Å²) in [6.45, 7) is 3.04. The van der Waals surface area contributed by atoms with E-state index in [1.54, 1.807) is 24.3 Å². The maximum Gasteiger partial charge on any atom is 0.270 e. The number of carbonyl (C=O) groups excluding carboxylic acids is 2. The standard InChI is InChI=1S/C21H24N4O2/c1-3-16-6-8-17(9-7-16)14-25(15-18-5-4-12-22-13-18)21(27)19-10-11-20(26)24(2)23-19/h4-9,12-13H,3,10-11,14-15H2,1-2H3. The summed E-state index contributed by atoms with van der Waals surface area (Å²) in [6.07, 6.45) is 5.15. The molecular weight excluding hydrogens is 340 g/mol. The Labute approximate surface area is 159 Å². The number of benzene rings is 1. The third-order valence-electron chi connectivity index (χ3n) is 4.64. The summed E-state index contributed by atoms with van der Waals surface area (Å²) in [5, 5.41) is 5.45. The molecule has 1 aliphatic rings. The number of rotatable bonds is 6. The Balaban J connectivity index is 1.83. The van der Waals surface area contributed by atoms with Crippen LogP contribution in [0.15, 0.2) is 53.9 Å². The van der Waals surface area contributed by atoms with Crippen LogP contribution in [-0.4, -0.2) is 39.5 Å². The van der Waals surface area contributed by atoms with Crippen molar-refractivity contribution in [3.8, 4) is 0 Å². The first-order valence-corrected chi connectivity index (χ1v) is 9.17. The molecule has 6 nitrogen and oxygen atoms in total. The summed E-state index contributed by atoms with van der Waals surface area (Å²) in [6, 6.07) is 12.1. The van der Waals surface area contributed by atoms with E-state index in [0.29, 0.717) is 31.6 Å². The molecule has 2 aromatic rings. The molecule has 0 aliphatic carbocycles. The van der Waals surface area contributed by atoms with Crippen LogP contribution < -0.4 is 0 Å². The summed E-state index contributed by atoms with van der Waals surface area (Å²) in [4.78, 5) is 30.7. The van der Waals surface area contributed by atoms with Crippen LogP contribution >= 0.6 is 0 Å². The third kappa shape index (κ3) is 4.78. The lowest BCUT2D eigenvalue weighted by Crippen LogP contribution is -2.40. The molecule has 0 N–H and O–H groups in total. The van der Waals surface area contributed by atoms with Gasteiger partial charge in [-0.3, -0.25) is 14.6 Å². The van der Waals surface area contributed by atoms with Gasteiger partial charge in [-0.1, -0.05) is 37.3 Å². The van der Waals surface area contributed by atoms with Gasteiger partial charge in [0.25, 0.3) is 5.91 Å². The van der Waals surface area contributed by atoms with Crippen molar-refractivity contribution in [2.24, 2.45) is 5.10 Å². The summed E-state index contributed by atoms with van der Waals surface area (Å²) >= 11 is 0. The molecule has 140 valence electrons. The number of carbonyl (C=O) groups is 2. The maximum absolute atomic E-state index is 13.1. The lowest BCUT2D eigenvalue weighted by atomic mass is 10.1. The van der Waals surface area contributed by atoms with Crippen LogP contribution in [0.5, 0.6) is 0 Å². The van der Waals surface area contributed by atoms with Crippen molar-refractivity contribution in [1.82, 2.24) is 14.9 Å². The van der Waals surface area contributed by atoms with Crippen LogP contribution in [0.25, 0.3) is 0 Å². The second kappa shape index (κ2) is 8.58. The van der Waals surface area contributed by atoms with E-state index in [9.17, 15) is 9.59 Å². The van der Waals surface area contributed by atoms with Gasteiger partial charge in [-0.25, -0.2) is 5.01 Å². The lowest BCUT2D eigenvalue weighted by Gasteiger charge is -2.26. The zero-order valence-corrected chi connectivity index (χ0v) is 15.8. The van der Waals surface area contributed by atoms with E-state index in [1.807, 2.05) is 12.1 Å². The number of hydrogen-bond donors (Lipinski definition) is 0. The molecule has 1 aromatic carbocycles. The van der Waals surface area contributed by atoms with Crippen LogP contribution in [0.1, 0.15) is 36.5 Å². The summed E-state index contributed by atoms with van der Waals surface area (Å²) in [5.41, 5.74) is 3.70. The Morgan fingerprint density at radius 1 is 1.07 bits per heavy atom. The maximum atomic E-state index is 13.1. The Hall–Kier alpha value is -3.02. The van der Waals surface area contributed by atoms with Crippen LogP contribution in [-0.2, 0) is 29.1 Å². The average molecular weight is 364 g/mol. The first kappa shape index (κ1) is 18.8. The van der Waals surface area contributed by atoms with Crippen molar-refractivity contribution < 1.29 is 9.59 Å². The molecule has 0 spiro atoms. The monoisotopic (exact) mass is 364 g/mol. The van der Waals surface area contributed by atoms with Crippen molar-refractivity contribution in [1.29, 1.82) is 0 Å². The molecule has 6 heteroatoms. The summed E-state index contributed by atoms with van der Waals surface area (Å²) in [7, 11) is 1.59. The Kier molecular flexibility index (Phi) is 5.96. The number of pyridine rings is 1. The van der Waals surface area contributed by atoms with Gasteiger partial charge in [0.1, 0.15) is 5.71 Å². The van der Waals surface area contributed by atoms with Crippen LogP contribution in [0.3, 0.4) is 0 Å². The molecule has 3 rings (SSSR count). The highest BCUT2D eigenvalue weighted by Gasteiger charge is 2.26. The fourth-order valence-electron chi connectivity index (χ4n) is 3.02. The molecule has 1 aromatic heterocycles. The molecule has 2 amide bonds. The molecule has 0 bridgehead atoms. The number of amides is 2. The second-order valence-corrected chi connectivity index (χ2v) is 6.66. The molecule has 0 saturated carbocycles. The highest BCUT2D eigenvalue weighted by Crippen LogP contribution is 2.15. The Morgan fingerprint density at radius 2 is 1.78 bits per heavy atom. The number of hydrazone groups is 1. The normalized spacial score (nSPS) is 14.1. The summed E-state index contributed by atoms with van der Waals surface area (Å²) < 4.78 is 0. The molecule has 1 aliphatic heterocycles. The largest absolute Gasteiger partial charge is 0.329 e. The first-order chi connectivity index (χ1) is 13.1. The van der Waals surface area contributed by atoms with E-state index in [-0.39, 0.29) is 11.8 Å². The minimum absolute atomic E-state index is 0.0690. The van der Waals surface area contributed by atoms with Gasteiger partial charge in [-0.05, 0) is 29.2 Å². The van der Waals surface area contributed by atoms with Gasteiger partial charge in [0, 0.05) is 45.4 Å². The number of hydrogen-bond acceptors (Lipinski definition) is 4. The van der Waals surface area contributed by atoms with Crippen molar-refractivity contribution in [3.63, 3.8) is 0 Å². The highest BCUT2D eigenvalue weighted by atomic mass is 16.2. The lowest BCUT2D eigenvalue weighted by molar-refractivity contribution is -0.130. The van der Waals surface area contributed by atoms with Crippen molar-refractivity contribution >= 4 is 17.5 Å². The van der Waals surface area contributed by atoms with Crippen LogP contribution in [0.2, 0.25) is 0 Å². The Morgan fingerprint density at radius 3 is 2.41 bits per heavy atom. The predicted octanol–water partition coefficient (Wildman–Crippen LogP) is 2.78. The van der Waals surface area contributed by atoms with Gasteiger partial charge in [0.15, 0.2) is 0 Å². The average Bonchev–Trinajstić information content (AvgIpc) is 2.70. The van der Waals surface area contributed by atoms with E-state index in [2.05, 4.69) is 41.3 Å². The zero-order chi connectivity index (χ0) is 19.2. The zero-order valence-electron chi connectivity index (χ0n) is 15.8. The van der Waals surface area contributed by atoms with Gasteiger partial charge >= 0.3 is 0 Å². The van der Waals surface area contributed by atoms with Gasteiger partial charge in [-0.15, -0.1) is 0 Å². The van der Waals surface area contributed by atoms with Gasteiger partial charge < -0.3 is 4.90 Å². The fourth-order valence-corrected chi connectivity index (χ4v) is 3.02. The van der Waals surface area contributed by atoms with Gasteiger partial charge in [0.05, 0.1) is 0 Å². The molecule has 0 unspecified atom stereocenters.